The lowest BCUT2D eigenvalue weighted by Gasteiger charge is -2.14. The first-order chi connectivity index (χ1) is 14.6. The number of ether oxygens (including phenoxy) is 2. The first-order valence-corrected chi connectivity index (χ1v) is 9.38. The van der Waals surface area contributed by atoms with Crippen molar-refractivity contribution in [1.29, 1.82) is 0 Å². The zero-order valence-corrected chi connectivity index (χ0v) is 16.0. The van der Waals surface area contributed by atoms with Crippen LogP contribution >= 0.6 is 0 Å². The van der Waals surface area contributed by atoms with Gasteiger partial charge in [0, 0.05) is 12.3 Å². The summed E-state index contributed by atoms with van der Waals surface area (Å²) < 4.78 is 11.9. The van der Waals surface area contributed by atoms with Gasteiger partial charge in [-0.1, -0.05) is 60.7 Å². The molecule has 0 spiro atoms. The number of H-pyrrole nitrogens is 1. The van der Waals surface area contributed by atoms with Crippen molar-refractivity contribution < 1.29 is 19.4 Å². The van der Waals surface area contributed by atoms with E-state index in [1.165, 1.54) is 12.3 Å². The number of hydrogen-bond donors (Lipinski definition) is 2. The molecule has 0 saturated heterocycles. The van der Waals surface area contributed by atoms with Crippen LogP contribution in [0, 0.1) is 0 Å². The van der Waals surface area contributed by atoms with Crippen LogP contribution in [-0.4, -0.2) is 16.1 Å². The number of rotatable bonds is 7. The largest absolute Gasteiger partial charge is 0.485 e. The normalized spacial score (nSPS) is 10.7. The third-order valence-corrected chi connectivity index (χ3v) is 4.65. The van der Waals surface area contributed by atoms with Gasteiger partial charge in [0.05, 0.1) is 10.9 Å². The standard InChI is InChI=1S/C24H19NO5/c26-23-18-11-21(29-14-16-7-3-1-4-8-16)22(30-15-17-9-5-2-6-10-17)12-20(18)25-13-19(23)24(27)28/h1-13H,14-15H2,(H,25,26)(H,27,28). The molecule has 3 aromatic carbocycles. The van der Waals surface area contributed by atoms with Crippen LogP contribution in [0.15, 0.2) is 83.8 Å². The molecule has 0 bridgehead atoms. The van der Waals surface area contributed by atoms with Crippen LogP contribution in [-0.2, 0) is 13.2 Å². The molecule has 1 heterocycles. The van der Waals surface area contributed by atoms with E-state index >= 15 is 0 Å². The molecule has 0 radical (unpaired) electrons. The fourth-order valence-electron chi connectivity index (χ4n) is 3.08. The van der Waals surface area contributed by atoms with Crippen molar-refractivity contribution in [2.75, 3.05) is 0 Å². The second-order valence-corrected chi connectivity index (χ2v) is 6.73. The molecule has 6 heteroatoms. The lowest BCUT2D eigenvalue weighted by Crippen LogP contribution is -2.15. The van der Waals surface area contributed by atoms with Gasteiger partial charge in [0.1, 0.15) is 18.8 Å². The van der Waals surface area contributed by atoms with Crippen LogP contribution in [0.3, 0.4) is 0 Å². The Bertz CT molecular complexity index is 1230. The second kappa shape index (κ2) is 8.53. The summed E-state index contributed by atoms with van der Waals surface area (Å²) in [4.78, 5) is 26.8. The molecule has 0 atom stereocenters. The molecule has 4 rings (SSSR count). The molecule has 0 aliphatic heterocycles. The van der Waals surface area contributed by atoms with Gasteiger partial charge in [-0.3, -0.25) is 4.79 Å². The molecule has 0 aliphatic rings. The fraction of sp³-hybridized carbons (Fsp3) is 0.0833. The Morgan fingerprint density at radius 2 is 1.37 bits per heavy atom. The number of benzene rings is 3. The van der Waals surface area contributed by atoms with Crippen molar-refractivity contribution in [2.45, 2.75) is 13.2 Å². The maximum atomic E-state index is 12.6. The van der Waals surface area contributed by atoms with Crippen molar-refractivity contribution in [3.05, 3.63) is 106 Å². The van der Waals surface area contributed by atoms with E-state index in [0.717, 1.165) is 11.1 Å². The van der Waals surface area contributed by atoms with E-state index in [1.54, 1.807) is 6.07 Å². The lowest BCUT2D eigenvalue weighted by molar-refractivity contribution is 0.0695. The van der Waals surface area contributed by atoms with Crippen LogP contribution in [0.2, 0.25) is 0 Å². The number of aromatic nitrogens is 1. The van der Waals surface area contributed by atoms with E-state index in [2.05, 4.69) is 4.98 Å². The quantitative estimate of drug-likeness (QED) is 0.480. The van der Waals surface area contributed by atoms with Crippen LogP contribution in [0.4, 0.5) is 0 Å². The summed E-state index contributed by atoms with van der Waals surface area (Å²) in [6.07, 6.45) is 1.19. The van der Waals surface area contributed by atoms with Crippen LogP contribution < -0.4 is 14.9 Å². The molecule has 0 saturated carbocycles. The summed E-state index contributed by atoms with van der Waals surface area (Å²) in [6.45, 7) is 0.607. The summed E-state index contributed by atoms with van der Waals surface area (Å²) in [5.74, 6) is -0.453. The van der Waals surface area contributed by atoms with Gasteiger partial charge >= 0.3 is 5.97 Å². The molecular formula is C24H19NO5. The van der Waals surface area contributed by atoms with E-state index in [9.17, 15) is 14.7 Å². The van der Waals surface area contributed by atoms with Gasteiger partial charge in [-0.2, -0.15) is 0 Å². The minimum atomic E-state index is -1.28. The summed E-state index contributed by atoms with van der Waals surface area (Å²) in [5, 5.41) is 9.46. The average Bonchev–Trinajstić information content (AvgIpc) is 2.77. The van der Waals surface area contributed by atoms with E-state index in [4.69, 9.17) is 9.47 Å². The van der Waals surface area contributed by atoms with Gasteiger partial charge in [0.25, 0.3) is 0 Å². The minimum absolute atomic E-state index is 0.227. The Hall–Kier alpha value is -4.06. The molecule has 0 fully saturated rings. The zero-order valence-electron chi connectivity index (χ0n) is 16.0. The average molecular weight is 401 g/mol. The van der Waals surface area contributed by atoms with Gasteiger partial charge in [0.15, 0.2) is 11.5 Å². The Morgan fingerprint density at radius 1 is 0.833 bits per heavy atom. The van der Waals surface area contributed by atoms with Crippen molar-refractivity contribution in [3.8, 4) is 11.5 Å². The highest BCUT2D eigenvalue weighted by Gasteiger charge is 2.16. The highest BCUT2D eigenvalue weighted by atomic mass is 16.5. The fourth-order valence-corrected chi connectivity index (χ4v) is 3.08. The van der Waals surface area contributed by atoms with Crippen LogP contribution in [0.5, 0.6) is 11.5 Å². The van der Waals surface area contributed by atoms with Gasteiger partial charge in [-0.05, 0) is 17.2 Å². The SMILES string of the molecule is O=C(O)c1c[nH]c2cc(OCc3ccccc3)c(OCc3ccccc3)cc2c1=O. The molecule has 30 heavy (non-hydrogen) atoms. The van der Waals surface area contributed by atoms with E-state index in [0.29, 0.717) is 23.6 Å². The van der Waals surface area contributed by atoms with E-state index in [-0.39, 0.29) is 17.6 Å². The van der Waals surface area contributed by atoms with Crippen LogP contribution in [0.1, 0.15) is 21.5 Å². The summed E-state index contributed by atoms with van der Waals surface area (Å²) in [6, 6.07) is 22.5. The number of hydrogen-bond acceptors (Lipinski definition) is 4. The molecule has 1 aromatic heterocycles. The molecule has 2 N–H and O–H groups in total. The van der Waals surface area contributed by atoms with Crippen molar-refractivity contribution in [2.24, 2.45) is 0 Å². The topological polar surface area (TPSA) is 88.6 Å². The van der Waals surface area contributed by atoms with Gasteiger partial charge in [-0.25, -0.2) is 4.79 Å². The number of aromatic amines is 1. The Morgan fingerprint density at radius 3 is 1.90 bits per heavy atom. The van der Waals surface area contributed by atoms with Crippen molar-refractivity contribution in [3.63, 3.8) is 0 Å². The number of nitrogens with one attached hydrogen (secondary N) is 1. The second-order valence-electron chi connectivity index (χ2n) is 6.73. The van der Waals surface area contributed by atoms with E-state index < -0.39 is 11.4 Å². The summed E-state index contributed by atoms with van der Waals surface area (Å²) in [5.41, 5.74) is 1.52. The number of pyridine rings is 1. The Labute approximate surface area is 172 Å². The highest BCUT2D eigenvalue weighted by Crippen LogP contribution is 2.32. The number of carboxylic acid groups (broad SMARTS) is 1. The highest BCUT2D eigenvalue weighted by molar-refractivity contribution is 5.93. The first-order valence-electron chi connectivity index (χ1n) is 9.38. The summed E-state index contributed by atoms with van der Waals surface area (Å²) >= 11 is 0. The van der Waals surface area contributed by atoms with Gasteiger partial charge in [-0.15, -0.1) is 0 Å². The van der Waals surface area contributed by atoms with Gasteiger partial charge in [0.2, 0.25) is 5.43 Å². The predicted molar refractivity (Wildman–Crippen MR) is 113 cm³/mol. The zero-order chi connectivity index (χ0) is 20.9. The van der Waals surface area contributed by atoms with Crippen molar-refractivity contribution >= 4 is 16.9 Å². The third kappa shape index (κ3) is 4.17. The Kier molecular flexibility index (Phi) is 5.48. The molecule has 6 nitrogen and oxygen atoms in total. The molecular weight excluding hydrogens is 382 g/mol. The molecule has 0 amide bonds. The molecule has 150 valence electrons. The maximum Gasteiger partial charge on any atom is 0.341 e. The third-order valence-electron chi connectivity index (χ3n) is 4.65. The van der Waals surface area contributed by atoms with Crippen molar-refractivity contribution in [1.82, 2.24) is 4.98 Å². The monoisotopic (exact) mass is 401 g/mol. The molecule has 0 aliphatic carbocycles. The number of carbonyl (C=O) groups is 1. The predicted octanol–water partition coefficient (Wildman–Crippen LogP) is 4.38. The smallest absolute Gasteiger partial charge is 0.341 e. The number of carboxylic acids is 1. The minimum Gasteiger partial charge on any atom is -0.485 e. The number of fused-ring (bicyclic) bond motifs is 1. The summed E-state index contributed by atoms with van der Waals surface area (Å²) in [7, 11) is 0. The van der Waals surface area contributed by atoms with Crippen LogP contribution in [0.25, 0.3) is 10.9 Å². The first kappa shape index (κ1) is 19.3. The number of aromatic carboxylic acids is 1. The maximum absolute atomic E-state index is 12.6. The molecule has 0 unspecified atom stereocenters. The van der Waals surface area contributed by atoms with Gasteiger partial charge < -0.3 is 19.6 Å². The lowest BCUT2D eigenvalue weighted by atomic mass is 10.1. The van der Waals surface area contributed by atoms with E-state index in [1.807, 2.05) is 60.7 Å². The Balaban J connectivity index is 1.71. The molecule has 4 aromatic rings.